The molecule has 6 heteroatoms. The molecule has 128 valence electrons. The molecular weight excluding hydrogens is 278 g/mol. The van der Waals surface area contributed by atoms with Crippen LogP contribution in [-0.2, 0) is 4.79 Å². The Labute approximate surface area is 135 Å². The lowest BCUT2D eigenvalue weighted by Crippen LogP contribution is -2.41. The van der Waals surface area contributed by atoms with E-state index in [1.165, 1.54) is 32.9 Å². The normalized spacial score (nSPS) is 17.3. The summed E-state index contributed by atoms with van der Waals surface area (Å²) >= 11 is 0. The largest absolute Gasteiger partial charge is 0.357 e. The van der Waals surface area contributed by atoms with Crippen molar-refractivity contribution in [3.05, 3.63) is 0 Å². The van der Waals surface area contributed by atoms with Gasteiger partial charge in [0.1, 0.15) is 0 Å². The van der Waals surface area contributed by atoms with Crippen molar-refractivity contribution in [2.45, 2.75) is 40.0 Å². The zero-order valence-electron chi connectivity index (χ0n) is 14.5. The Bertz CT molecular complexity index is 337. The van der Waals surface area contributed by atoms with E-state index in [1.807, 2.05) is 0 Å². The van der Waals surface area contributed by atoms with Crippen LogP contribution in [0.4, 0.5) is 0 Å². The van der Waals surface area contributed by atoms with Crippen molar-refractivity contribution in [2.24, 2.45) is 10.9 Å². The molecule has 1 amide bonds. The predicted octanol–water partition coefficient (Wildman–Crippen LogP) is 0.800. The van der Waals surface area contributed by atoms with Crippen LogP contribution < -0.4 is 16.0 Å². The summed E-state index contributed by atoms with van der Waals surface area (Å²) in [7, 11) is 0. The van der Waals surface area contributed by atoms with E-state index in [0.29, 0.717) is 13.1 Å². The average Bonchev–Trinajstić information content (AvgIpc) is 2.49. The van der Waals surface area contributed by atoms with Gasteiger partial charge in [0.2, 0.25) is 5.91 Å². The number of carbonyl (C=O) groups excluding carboxylic acids is 1. The number of aliphatic imine (C=N–C) groups is 1. The van der Waals surface area contributed by atoms with Gasteiger partial charge in [-0.3, -0.25) is 9.79 Å². The van der Waals surface area contributed by atoms with E-state index in [1.54, 1.807) is 0 Å². The minimum atomic E-state index is -0.000380. The number of nitrogens with one attached hydrogen (secondary N) is 3. The first kappa shape index (κ1) is 18.7. The number of likely N-dealkylation sites (tertiary alicyclic amines) is 1. The second-order valence-electron chi connectivity index (χ2n) is 6.05. The molecule has 1 heterocycles. The van der Waals surface area contributed by atoms with E-state index in [0.717, 1.165) is 37.9 Å². The fourth-order valence-electron chi connectivity index (χ4n) is 2.53. The van der Waals surface area contributed by atoms with Crippen LogP contribution in [0, 0.1) is 5.92 Å². The van der Waals surface area contributed by atoms with Gasteiger partial charge in [-0.2, -0.15) is 0 Å². The number of hydrogen-bond acceptors (Lipinski definition) is 3. The van der Waals surface area contributed by atoms with Gasteiger partial charge in [0.05, 0.1) is 0 Å². The van der Waals surface area contributed by atoms with Gasteiger partial charge in [0, 0.05) is 33.1 Å². The summed E-state index contributed by atoms with van der Waals surface area (Å²) in [5.74, 6) is 1.72. The molecule has 1 rings (SSSR count). The minimum absolute atomic E-state index is 0.000380. The highest BCUT2D eigenvalue weighted by atomic mass is 16.1. The highest BCUT2D eigenvalue weighted by molar-refractivity contribution is 5.79. The van der Waals surface area contributed by atoms with E-state index in [4.69, 9.17) is 0 Å². The Morgan fingerprint density at radius 1 is 1.18 bits per heavy atom. The lowest BCUT2D eigenvalue weighted by atomic mass is 9.99. The van der Waals surface area contributed by atoms with E-state index in [2.05, 4.69) is 39.7 Å². The highest BCUT2D eigenvalue weighted by Gasteiger charge is 2.14. The van der Waals surface area contributed by atoms with Crippen LogP contribution in [0.15, 0.2) is 4.99 Å². The molecule has 0 bridgehead atoms. The summed E-state index contributed by atoms with van der Waals surface area (Å²) in [5, 5.41) is 9.22. The lowest BCUT2D eigenvalue weighted by molar-refractivity contribution is -0.118. The zero-order chi connectivity index (χ0) is 16.2. The molecular formula is C16H33N5O. The van der Waals surface area contributed by atoms with E-state index >= 15 is 0 Å². The number of amides is 1. The van der Waals surface area contributed by atoms with Crippen molar-refractivity contribution < 1.29 is 4.79 Å². The quantitative estimate of drug-likeness (QED) is 0.352. The van der Waals surface area contributed by atoms with E-state index in [-0.39, 0.29) is 5.91 Å². The first-order valence-electron chi connectivity index (χ1n) is 8.60. The van der Waals surface area contributed by atoms with Crippen LogP contribution in [-0.4, -0.2) is 62.6 Å². The Morgan fingerprint density at radius 3 is 2.50 bits per heavy atom. The molecule has 0 aromatic heterocycles. The Morgan fingerprint density at radius 2 is 1.86 bits per heavy atom. The van der Waals surface area contributed by atoms with Crippen molar-refractivity contribution >= 4 is 11.9 Å². The molecule has 0 saturated carbocycles. The fourth-order valence-corrected chi connectivity index (χ4v) is 2.53. The maximum absolute atomic E-state index is 10.8. The van der Waals surface area contributed by atoms with Crippen LogP contribution in [0.3, 0.4) is 0 Å². The molecule has 0 aromatic carbocycles. The molecule has 3 N–H and O–H groups in total. The maximum Gasteiger partial charge on any atom is 0.216 e. The molecule has 0 unspecified atom stereocenters. The summed E-state index contributed by atoms with van der Waals surface area (Å²) in [5.41, 5.74) is 0. The first-order valence-corrected chi connectivity index (χ1v) is 8.60. The molecule has 22 heavy (non-hydrogen) atoms. The molecule has 0 atom stereocenters. The first-order chi connectivity index (χ1) is 10.6. The van der Waals surface area contributed by atoms with Gasteiger partial charge >= 0.3 is 0 Å². The topological polar surface area (TPSA) is 68.8 Å². The van der Waals surface area contributed by atoms with Crippen molar-refractivity contribution in [1.29, 1.82) is 0 Å². The number of guanidine groups is 1. The minimum Gasteiger partial charge on any atom is -0.357 e. The summed E-state index contributed by atoms with van der Waals surface area (Å²) in [4.78, 5) is 17.9. The van der Waals surface area contributed by atoms with E-state index in [9.17, 15) is 4.79 Å². The van der Waals surface area contributed by atoms with Crippen molar-refractivity contribution in [3.63, 3.8) is 0 Å². The molecule has 1 saturated heterocycles. The molecule has 0 spiro atoms. The van der Waals surface area contributed by atoms with Crippen molar-refractivity contribution in [1.82, 2.24) is 20.9 Å². The monoisotopic (exact) mass is 311 g/mol. The van der Waals surface area contributed by atoms with Gasteiger partial charge in [-0.1, -0.05) is 6.92 Å². The molecule has 1 fully saturated rings. The second kappa shape index (κ2) is 11.3. The molecule has 0 aliphatic carbocycles. The zero-order valence-corrected chi connectivity index (χ0v) is 14.5. The third-order valence-electron chi connectivity index (χ3n) is 3.91. The Balaban J connectivity index is 2.16. The maximum atomic E-state index is 10.8. The van der Waals surface area contributed by atoms with Gasteiger partial charge in [-0.05, 0) is 51.7 Å². The molecule has 1 aliphatic rings. The van der Waals surface area contributed by atoms with Crippen LogP contribution in [0.5, 0.6) is 0 Å². The molecule has 1 aliphatic heterocycles. The second-order valence-corrected chi connectivity index (χ2v) is 6.05. The smallest absolute Gasteiger partial charge is 0.216 e. The fraction of sp³-hybridized carbons (Fsp3) is 0.875. The van der Waals surface area contributed by atoms with Gasteiger partial charge in [0.15, 0.2) is 5.96 Å². The van der Waals surface area contributed by atoms with Crippen LogP contribution in [0.1, 0.15) is 40.0 Å². The molecule has 0 radical (unpaired) electrons. The average molecular weight is 311 g/mol. The predicted molar refractivity (Wildman–Crippen MR) is 92.1 cm³/mol. The Hall–Kier alpha value is -1.30. The number of rotatable bonds is 8. The number of piperidine rings is 1. The SMILES string of the molecule is CCNC(=NCCCN1CCC(C)CC1)NCCNC(C)=O. The summed E-state index contributed by atoms with van der Waals surface area (Å²) in [6, 6.07) is 0. The van der Waals surface area contributed by atoms with Crippen molar-refractivity contribution in [2.75, 3.05) is 45.8 Å². The highest BCUT2D eigenvalue weighted by Crippen LogP contribution is 2.15. The summed E-state index contributed by atoms with van der Waals surface area (Å²) < 4.78 is 0. The van der Waals surface area contributed by atoms with E-state index < -0.39 is 0 Å². The Kier molecular flexibility index (Phi) is 9.62. The number of carbonyl (C=O) groups is 1. The molecule has 0 aromatic rings. The van der Waals surface area contributed by atoms with Crippen LogP contribution in [0.25, 0.3) is 0 Å². The number of nitrogens with zero attached hydrogens (tertiary/aromatic N) is 2. The lowest BCUT2D eigenvalue weighted by Gasteiger charge is -2.29. The summed E-state index contributed by atoms with van der Waals surface area (Å²) in [6.07, 6.45) is 3.75. The third kappa shape index (κ3) is 8.87. The van der Waals surface area contributed by atoms with Gasteiger partial charge < -0.3 is 20.9 Å². The van der Waals surface area contributed by atoms with Gasteiger partial charge in [-0.15, -0.1) is 0 Å². The third-order valence-corrected chi connectivity index (χ3v) is 3.91. The van der Waals surface area contributed by atoms with Crippen LogP contribution in [0.2, 0.25) is 0 Å². The standard InChI is InChI=1S/C16H33N5O/c1-4-17-16(20-10-9-18-15(3)22)19-8-5-11-21-12-6-14(2)7-13-21/h14H,4-13H2,1-3H3,(H,18,22)(H2,17,19,20). The summed E-state index contributed by atoms with van der Waals surface area (Å²) in [6.45, 7) is 12.5. The molecule has 6 nitrogen and oxygen atoms in total. The van der Waals surface area contributed by atoms with Crippen LogP contribution >= 0.6 is 0 Å². The number of hydrogen-bond donors (Lipinski definition) is 3. The van der Waals surface area contributed by atoms with Gasteiger partial charge in [0.25, 0.3) is 0 Å². The van der Waals surface area contributed by atoms with Gasteiger partial charge in [-0.25, -0.2) is 0 Å². The van der Waals surface area contributed by atoms with Crippen molar-refractivity contribution in [3.8, 4) is 0 Å².